The minimum Gasteiger partial charge on any atom is -0.356 e. The Morgan fingerprint density at radius 2 is 1.85 bits per heavy atom. The van der Waals surface area contributed by atoms with Crippen LogP contribution in [0, 0.1) is 6.92 Å². The highest BCUT2D eigenvalue weighted by Gasteiger charge is 2.25. The molecule has 1 aliphatic carbocycles. The number of likely N-dealkylation sites (N-methyl/N-ethyl adjacent to an activating group) is 1. The number of pyridine rings is 1. The summed E-state index contributed by atoms with van der Waals surface area (Å²) in [6.07, 6.45) is 4.42. The first-order valence-corrected chi connectivity index (χ1v) is 9.47. The quantitative estimate of drug-likeness (QED) is 0.610. The van der Waals surface area contributed by atoms with Crippen LogP contribution in [0.3, 0.4) is 0 Å². The largest absolute Gasteiger partial charge is 0.356 e. The molecule has 0 radical (unpaired) electrons. The molecule has 26 heavy (non-hydrogen) atoms. The molecule has 2 fully saturated rings. The Bertz CT molecular complexity index is 647. The normalized spacial score (nSPS) is 18.6. The third-order valence-electron chi connectivity index (χ3n) is 4.82. The Morgan fingerprint density at radius 1 is 1.19 bits per heavy atom. The van der Waals surface area contributed by atoms with E-state index >= 15 is 0 Å². The van der Waals surface area contributed by atoms with E-state index in [1.807, 2.05) is 13.0 Å². The lowest BCUT2D eigenvalue weighted by Gasteiger charge is -2.34. The lowest BCUT2D eigenvalue weighted by Crippen LogP contribution is -2.49. The summed E-state index contributed by atoms with van der Waals surface area (Å²) in [7, 11) is 3.52. The van der Waals surface area contributed by atoms with Crippen molar-refractivity contribution < 1.29 is 4.79 Å². The van der Waals surface area contributed by atoms with Crippen molar-refractivity contribution in [3.8, 4) is 0 Å². The van der Waals surface area contributed by atoms with Crippen molar-refractivity contribution in [2.45, 2.75) is 44.7 Å². The zero-order valence-corrected chi connectivity index (χ0v) is 16.0. The summed E-state index contributed by atoms with van der Waals surface area (Å²) in [5, 5.41) is 6.95. The molecule has 0 unspecified atom stereocenters. The number of aliphatic imine (C=N–C) groups is 1. The van der Waals surface area contributed by atoms with Gasteiger partial charge >= 0.3 is 0 Å². The molecule has 0 spiro atoms. The summed E-state index contributed by atoms with van der Waals surface area (Å²) in [5.74, 6) is 1.85. The molecule has 2 heterocycles. The third kappa shape index (κ3) is 5.34. The maximum absolute atomic E-state index is 11.8. The predicted octanol–water partition coefficient (Wildman–Crippen LogP) is 1.14. The Labute approximate surface area is 155 Å². The van der Waals surface area contributed by atoms with Crippen LogP contribution in [0.15, 0.2) is 23.2 Å². The zero-order valence-electron chi connectivity index (χ0n) is 16.0. The molecule has 1 aliphatic heterocycles. The van der Waals surface area contributed by atoms with Crippen LogP contribution in [-0.4, -0.2) is 67.6 Å². The number of piperidine rings is 1. The number of aryl methyl sites for hydroxylation is 1. The number of carbonyl (C=O) groups excluding carboxylic acids is 1. The van der Waals surface area contributed by atoms with Gasteiger partial charge in [0.2, 0.25) is 5.91 Å². The van der Waals surface area contributed by atoms with Crippen molar-refractivity contribution in [2.24, 2.45) is 4.99 Å². The second kappa shape index (κ2) is 8.38. The van der Waals surface area contributed by atoms with Crippen molar-refractivity contribution in [3.05, 3.63) is 23.9 Å². The first kappa shape index (κ1) is 18.5. The Kier molecular flexibility index (Phi) is 5.96. The van der Waals surface area contributed by atoms with Crippen LogP contribution in [0.1, 0.15) is 31.4 Å². The highest BCUT2D eigenvalue weighted by atomic mass is 16.2. The van der Waals surface area contributed by atoms with Crippen LogP contribution in [0.2, 0.25) is 0 Å². The van der Waals surface area contributed by atoms with Gasteiger partial charge in [-0.15, -0.1) is 0 Å². The number of aromatic nitrogens is 1. The number of nitrogens with one attached hydrogen (secondary N) is 2. The van der Waals surface area contributed by atoms with Crippen LogP contribution in [0.25, 0.3) is 0 Å². The third-order valence-corrected chi connectivity index (χ3v) is 4.82. The van der Waals surface area contributed by atoms with Gasteiger partial charge in [0.05, 0.1) is 0 Å². The van der Waals surface area contributed by atoms with E-state index in [1.165, 1.54) is 12.8 Å². The van der Waals surface area contributed by atoms with Gasteiger partial charge < -0.3 is 20.4 Å². The smallest absolute Gasteiger partial charge is 0.243 e. The maximum atomic E-state index is 11.8. The summed E-state index contributed by atoms with van der Waals surface area (Å²) in [6, 6.07) is 7.05. The second-order valence-electron chi connectivity index (χ2n) is 7.41. The molecule has 1 aromatic rings. The standard InChI is InChI=1S/C19H30N6O/c1-14-5-4-6-17(21-14)25-11-9-16(10-12-25)23-19(22-15-7-8-15)20-13-18(26)24(2)3/h4-6,15-16H,7-13H2,1-3H3,(H2,20,22,23). The van der Waals surface area contributed by atoms with Crippen LogP contribution in [-0.2, 0) is 4.79 Å². The Balaban J connectivity index is 1.53. The van der Waals surface area contributed by atoms with E-state index in [2.05, 4.69) is 37.6 Å². The average molecular weight is 358 g/mol. The lowest BCUT2D eigenvalue weighted by atomic mass is 10.1. The number of rotatable bonds is 5. The van der Waals surface area contributed by atoms with Crippen LogP contribution in [0.5, 0.6) is 0 Å². The van der Waals surface area contributed by atoms with Gasteiger partial charge in [0.1, 0.15) is 12.4 Å². The summed E-state index contributed by atoms with van der Waals surface area (Å²) >= 11 is 0. The number of nitrogens with zero attached hydrogens (tertiary/aromatic N) is 4. The van der Waals surface area contributed by atoms with E-state index in [-0.39, 0.29) is 12.5 Å². The lowest BCUT2D eigenvalue weighted by molar-refractivity contribution is -0.127. The van der Waals surface area contributed by atoms with Gasteiger partial charge in [-0.05, 0) is 44.7 Å². The average Bonchev–Trinajstić information content (AvgIpc) is 3.44. The molecule has 1 saturated heterocycles. The van der Waals surface area contributed by atoms with E-state index in [9.17, 15) is 4.79 Å². The molecule has 7 nitrogen and oxygen atoms in total. The Morgan fingerprint density at radius 3 is 2.42 bits per heavy atom. The summed E-state index contributed by atoms with van der Waals surface area (Å²) in [5.41, 5.74) is 1.05. The van der Waals surface area contributed by atoms with Crippen molar-refractivity contribution in [1.29, 1.82) is 0 Å². The molecule has 0 atom stereocenters. The molecule has 0 aromatic carbocycles. The van der Waals surface area contributed by atoms with Gasteiger partial charge in [0.25, 0.3) is 0 Å². The van der Waals surface area contributed by atoms with E-state index in [4.69, 9.17) is 0 Å². The SMILES string of the molecule is Cc1cccc(N2CCC(NC(=NCC(=O)N(C)C)NC3CC3)CC2)n1. The van der Waals surface area contributed by atoms with E-state index in [0.29, 0.717) is 12.1 Å². The molecule has 7 heteroatoms. The van der Waals surface area contributed by atoms with Gasteiger partial charge in [-0.1, -0.05) is 6.07 Å². The van der Waals surface area contributed by atoms with Gasteiger partial charge in [-0.25, -0.2) is 9.98 Å². The predicted molar refractivity (Wildman–Crippen MR) is 104 cm³/mol. The van der Waals surface area contributed by atoms with Crippen molar-refractivity contribution in [2.75, 3.05) is 38.6 Å². The zero-order chi connectivity index (χ0) is 18.5. The Hall–Kier alpha value is -2.31. The molecule has 2 N–H and O–H groups in total. The molecular weight excluding hydrogens is 328 g/mol. The van der Waals surface area contributed by atoms with Gasteiger partial charge in [0, 0.05) is 45.0 Å². The number of guanidine groups is 1. The summed E-state index contributed by atoms with van der Waals surface area (Å²) in [4.78, 5) is 24.8. The number of hydrogen-bond acceptors (Lipinski definition) is 4. The fourth-order valence-electron chi connectivity index (χ4n) is 2.99. The highest BCUT2D eigenvalue weighted by Crippen LogP contribution is 2.20. The van der Waals surface area contributed by atoms with Crippen LogP contribution >= 0.6 is 0 Å². The van der Waals surface area contributed by atoms with Gasteiger partial charge in [-0.2, -0.15) is 0 Å². The van der Waals surface area contributed by atoms with E-state index in [1.54, 1.807) is 19.0 Å². The minimum absolute atomic E-state index is 0.0160. The molecular formula is C19H30N6O. The van der Waals surface area contributed by atoms with Gasteiger partial charge in [-0.3, -0.25) is 4.79 Å². The molecule has 0 bridgehead atoms. The summed E-state index contributed by atoms with van der Waals surface area (Å²) < 4.78 is 0. The fraction of sp³-hybridized carbons (Fsp3) is 0.632. The van der Waals surface area contributed by atoms with Crippen LogP contribution in [0.4, 0.5) is 5.82 Å². The van der Waals surface area contributed by atoms with E-state index < -0.39 is 0 Å². The first-order valence-electron chi connectivity index (χ1n) is 9.47. The first-order chi connectivity index (χ1) is 12.5. The summed E-state index contributed by atoms with van der Waals surface area (Å²) in [6.45, 7) is 4.16. The maximum Gasteiger partial charge on any atom is 0.243 e. The topological polar surface area (TPSA) is 72.9 Å². The van der Waals surface area contributed by atoms with Crippen molar-refractivity contribution in [1.82, 2.24) is 20.5 Å². The van der Waals surface area contributed by atoms with E-state index in [0.717, 1.165) is 43.4 Å². The van der Waals surface area contributed by atoms with Crippen molar-refractivity contribution >= 4 is 17.7 Å². The minimum atomic E-state index is 0.0160. The van der Waals surface area contributed by atoms with Gasteiger partial charge in [0.15, 0.2) is 5.96 Å². The molecule has 1 aromatic heterocycles. The molecule has 1 amide bonds. The van der Waals surface area contributed by atoms with Crippen LogP contribution < -0.4 is 15.5 Å². The molecule has 2 aliphatic rings. The monoisotopic (exact) mass is 358 g/mol. The molecule has 1 saturated carbocycles. The number of hydrogen-bond donors (Lipinski definition) is 2. The number of carbonyl (C=O) groups is 1. The molecule has 3 rings (SSSR count). The number of amides is 1. The number of anilines is 1. The van der Waals surface area contributed by atoms with Crippen molar-refractivity contribution in [3.63, 3.8) is 0 Å². The highest BCUT2D eigenvalue weighted by molar-refractivity contribution is 5.85. The fourth-order valence-corrected chi connectivity index (χ4v) is 2.99. The second-order valence-corrected chi connectivity index (χ2v) is 7.41. The molecule has 142 valence electrons.